The smallest absolute Gasteiger partial charge is 0.252 e. The Balaban J connectivity index is 2.80. The van der Waals surface area contributed by atoms with Crippen LogP contribution in [0.2, 0.25) is 0 Å². The molecule has 0 radical (unpaired) electrons. The maximum atomic E-state index is 12.8. The molecule has 16 heavy (non-hydrogen) atoms. The maximum Gasteiger partial charge on any atom is 0.252 e. The largest absolute Gasteiger partial charge is 0.348 e. The second-order valence-electron chi connectivity index (χ2n) is 3.44. The van der Waals surface area contributed by atoms with Crippen LogP contribution in [0.25, 0.3) is 0 Å². The van der Waals surface area contributed by atoms with Gasteiger partial charge in [0.1, 0.15) is 5.82 Å². The number of carbonyl (C=O) groups excluding carboxylic acids is 1. The van der Waals surface area contributed by atoms with Crippen molar-refractivity contribution in [1.82, 2.24) is 5.32 Å². The average Bonchev–Trinajstić information content (AvgIpc) is 2.25. The summed E-state index contributed by atoms with van der Waals surface area (Å²) in [6.07, 6.45) is 0.765. The van der Waals surface area contributed by atoms with Crippen LogP contribution in [0.3, 0.4) is 0 Å². The van der Waals surface area contributed by atoms with Gasteiger partial charge >= 0.3 is 0 Å². The lowest BCUT2D eigenvalue weighted by atomic mass is 10.1. The van der Waals surface area contributed by atoms with Crippen molar-refractivity contribution in [3.63, 3.8) is 0 Å². The fourth-order valence-corrected chi connectivity index (χ4v) is 1.80. The highest BCUT2D eigenvalue weighted by molar-refractivity contribution is 9.10. The normalized spacial score (nSPS) is 12.2. The van der Waals surface area contributed by atoms with Crippen molar-refractivity contribution in [2.45, 2.75) is 19.4 Å². The van der Waals surface area contributed by atoms with Gasteiger partial charge in [-0.1, -0.05) is 6.92 Å². The molecule has 1 rings (SSSR count). The molecule has 0 aliphatic rings. The Morgan fingerprint density at radius 3 is 2.81 bits per heavy atom. The summed E-state index contributed by atoms with van der Waals surface area (Å²) >= 11 is 3.15. The van der Waals surface area contributed by atoms with E-state index in [-0.39, 0.29) is 17.8 Å². The minimum atomic E-state index is -0.380. The lowest BCUT2D eigenvalue weighted by Crippen LogP contribution is -2.39. The van der Waals surface area contributed by atoms with Gasteiger partial charge in [-0.15, -0.1) is 0 Å². The van der Waals surface area contributed by atoms with Crippen molar-refractivity contribution in [3.05, 3.63) is 34.1 Å². The maximum absolute atomic E-state index is 12.8. The van der Waals surface area contributed by atoms with Crippen LogP contribution in [-0.4, -0.2) is 18.5 Å². The van der Waals surface area contributed by atoms with Gasteiger partial charge in [0.15, 0.2) is 0 Å². The highest BCUT2D eigenvalue weighted by Gasteiger charge is 2.13. The molecular weight excluding hydrogens is 275 g/mol. The van der Waals surface area contributed by atoms with Crippen molar-refractivity contribution in [3.8, 4) is 0 Å². The lowest BCUT2D eigenvalue weighted by Gasteiger charge is -2.15. The highest BCUT2D eigenvalue weighted by atomic mass is 79.9. The van der Waals surface area contributed by atoms with Gasteiger partial charge in [-0.2, -0.15) is 0 Å². The number of rotatable bonds is 4. The number of amides is 1. The van der Waals surface area contributed by atoms with Crippen LogP contribution in [0, 0.1) is 5.82 Å². The van der Waals surface area contributed by atoms with Crippen LogP contribution in [0.1, 0.15) is 23.7 Å². The molecule has 0 bridgehead atoms. The molecule has 3 N–H and O–H groups in total. The third kappa shape index (κ3) is 3.28. The first kappa shape index (κ1) is 13.1. The van der Waals surface area contributed by atoms with E-state index < -0.39 is 0 Å². The molecule has 0 aromatic heterocycles. The van der Waals surface area contributed by atoms with E-state index in [1.54, 1.807) is 0 Å². The standard InChI is InChI=1S/C11H14BrFN2O/c1-2-8(6-14)15-11(16)9-4-3-7(13)5-10(9)12/h3-5,8H,2,6,14H2,1H3,(H,15,16). The fourth-order valence-electron chi connectivity index (χ4n) is 1.26. The predicted molar refractivity (Wildman–Crippen MR) is 64.7 cm³/mol. The van der Waals surface area contributed by atoms with E-state index in [1.807, 2.05) is 6.92 Å². The molecule has 3 nitrogen and oxygen atoms in total. The number of nitrogens with two attached hydrogens (primary N) is 1. The summed E-state index contributed by atoms with van der Waals surface area (Å²) in [7, 11) is 0. The number of hydrogen-bond donors (Lipinski definition) is 2. The first-order valence-corrected chi connectivity index (χ1v) is 5.83. The van der Waals surface area contributed by atoms with Crippen molar-refractivity contribution in [2.24, 2.45) is 5.73 Å². The van der Waals surface area contributed by atoms with E-state index in [0.29, 0.717) is 16.6 Å². The molecule has 0 heterocycles. The molecule has 1 amide bonds. The Kier molecular flexibility index (Phi) is 4.89. The number of benzene rings is 1. The molecule has 5 heteroatoms. The molecule has 1 aromatic carbocycles. The molecule has 0 aliphatic heterocycles. The Hall–Kier alpha value is -0.940. The Bertz CT molecular complexity index is 380. The molecule has 1 unspecified atom stereocenters. The van der Waals surface area contributed by atoms with E-state index in [4.69, 9.17) is 5.73 Å². The molecule has 88 valence electrons. The Labute approximate surface area is 102 Å². The first-order chi connectivity index (χ1) is 7.58. The zero-order valence-corrected chi connectivity index (χ0v) is 10.6. The number of nitrogens with one attached hydrogen (secondary N) is 1. The van der Waals surface area contributed by atoms with E-state index in [0.717, 1.165) is 6.42 Å². The molecular formula is C11H14BrFN2O. The van der Waals surface area contributed by atoms with Crippen molar-refractivity contribution < 1.29 is 9.18 Å². The molecule has 1 aromatic rings. The van der Waals surface area contributed by atoms with E-state index in [1.165, 1.54) is 18.2 Å². The molecule has 0 saturated carbocycles. The molecule has 0 saturated heterocycles. The minimum Gasteiger partial charge on any atom is -0.348 e. The zero-order valence-electron chi connectivity index (χ0n) is 8.97. The topological polar surface area (TPSA) is 55.1 Å². The first-order valence-electron chi connectivity index (χ1n) is 5.04. The number of halogens is 2. The van der Waals surface area contributed by atoms with Crippen LogP contribution in [0.4, 0.5) is 4.39 Å². The highest BCUT2D eigenvalue weighted by Crippen LogP contribution is 2.18. The summed E-state index contributed by atoms with van der Waals surface area (Å²) in [5.74, 6) is -0.626. The van der Waals surface area contributed by atoms with Gasteiger partial charge in [0, 0.05) is 17.1 Å². The summed E-state index contributed by atoms with van der Waals surface area (Å²) in [6.45, 7) is 2.33. The zero-order chi connectivity index (χ0) is 12.1. The van der Waals surface area contributed by atoms with Crippen LogP contribution in [0.15, 0.2) is 22.7 Å². The third-order valence-electron chi connectivity index (χ3n) is 2.29. The Morgan fingerprint density at radius 2 is 2.31 bits per heavy atom. The summed E-state index contributed by atoms with van der Waals surface area (Å²) in [6, 6.07) is 3.91. The van der Waals surface area contributed by atoms with Crippen molar-refractivity contribution in [2.75, 3.05) is 6.54 Å². The van der Waals surface area contributed by atoms with Gasteiger partial charge in [-0.25, -0.2) is 4.39 Å². The summed E-state index contributed by atoms with van der Waals surface area (Å²) < 4.78 is 13.3. The lowest BCUT2D eigenvalue weighted by molar-refractivity contribution is 0.0936. The minimum absolute atomic E-state index is 0.0514. The van der Waals surface area contributed by atoms with Gasteiger partial charge in [0.25, 0.3) is 5.91 Å². The fraction of sp³-hybridized carbons (Fsp3) is 0.364. The van der Waals surface area contributed by atoms with Gasteiger partial charge in [0.2, 0.25) is 0 Å². The van der Waals surface area contributed by atoms with E-state index >= 15 is 0 Å². The Morgan fingerprint density at radius 1 is 1.62 bits per heavy atom. The summed E-state index contributed by atoms with van der Waals surface area (Å²) in [5.41, 5.74) is 5.90. The summed E-state index contributed by atoms with van der Waals surface area (Å²) in [4.78, 5) is 11.8. The average molecular weight is 289 g/mol. The van der Waals surface area contributed by atoms with E-state index in [2.05, 4.69) is 21.2 Å². The molecule has 0 aliphatic carbocycles. The number of hydrogen-bond acceptors (Lipinski definition) is 2. The number of carbonyl (C=O) groups is 1. The van der Waals surface area contributed by atoms with Gasteiger partial charge in [0.05, 0.1) is 5.56 Å². The van der Waals surface area contributed by atoms with Gasteiger partial charge in [-0.05, 0) is 40.5 Å². The van der Waals surface area contributed by atoms with Gasteiger partial charge < -0.3 is 11.1 Å². The van der Waals surface area contributed by atoms with Crippen molar-refractivity contribution in [1.29, 1.82) is 0 Å². The second-order valence-corrected chi connectivity index (χ2v) is 4.29. The van der Waals surface area contributed by atoms with Crippen LogP contribution >= 0.6 is 15.9 Å². The molecule has 0 spiro atoms. The second kappa shape index (κ2) is 5.96. The predicted octanol–water partition coefficient (Wildman–Crippen LogP) is 2.06. The van der Waals surface area contributed by atoms with Crippen molar-refractivity contribution >= 4 is 21.8 Å². The quantitative estimate of drug-likeness (QED) is 0.891. The molecule has 0 fully saturated rings. The van der Waals surface area contributed by atoms with E-state index in [9.17, 15) is 9.18 Å². The van der Waals surface area contributed by atoms with Crippen LogP contribution in [0.5, 0.6) is 0 Å². The monoisotopic (exact) mass is 288 g/mol. The van der Waals surface area contributed by atoms with Crippen LogP contribution < -0.4 is 11.1 Å². The van der Waals surface area contributed by atoms with Gasteiger partial charge in [-0.3, -0.25) is 4.79 Å². The molecule has 1 atom stereocenters. The van der Waals surface area contributed by atoms with Crippen LogP contribution in [-0.2, 0) is 0 Å². The summed E-state index contributed by atoms with van der Waals surface area (Å²) in [5, 5.41) is 2.78. The SMILES string of the molecule is CCC(CN)NC(=O)c1ccc(F)cc1Br. The third-order valence-corrected chi connectivity index (χ3v) is 2.94.